The monoisotopic (exact) mass is 534 g/mol. The molecule has 0 aliphatic rings. The van der Waals surface area contributed by atoms with Gasteiger partial charge in [-0.25, -0.2) is 0 Å². The van der Waals surface area contributed by atoms with E-state index in [1.807, 2.05) is 25.1 Å². The van der Waals surface area contributed by atoms with Crippen molar-refractivity contribution in [1.29, 1.82) is 0 Å². The molecule has 0 bridgehead atoms. The Labute approximate surface area is 173 Å². The number of rotatable bonds is 10. The summed E-state index contributed by atoms with van der Waals surface area (Å²) in [7, 11) is 0. The number of unbranched alkanes of at least 4 members (excludes halogenated alkanes) is 1. The molecule has 2 rings (SSSR count). The van der Waals surface area contributed by atoms with E-state index in [0.717, 1.165) is 47.7 Å². The minimum absolute atomic E-state index is 0.176. The summed E-state index contributed by atoms with van der Waals surface area (Å²) in [6.07, 6.45) is 6.15. The zero-order chi connectivity index (χ0) is 19.5. The number of hydrogen-bond donors (Lipinski definition) is 1. The zero-order valence-corrected chi connectivity index (χ0v) is 19.0. The van der Waals surface area contributed by atoms with Gasteiger partial charge in [-0.05, 0) is 0 Å². The maximum atomic E-state index is 13.9. The van der Waals surface area contributed by atoms with Gasteiger partial charge in [-0.3, -0.25) is 0 Å². The van der Waals surface area contributed by atoms with Crippen LogP contribution < -0.4 is 5.32 Å². The molecule has 0 fully saturated rings. The molecule has 4 heteroatoms. The van der Waals surface area contributed by atoms with Gasteiger partial charge < -0.3 is 0 Å². The first-order valence-electron chi connectivity index (χ1n) is 9.46. The van der Waals surface area contributed by atoms with Crippen molar-refractivity contribution < 1.29 is 23.7 Å². The Morgan fingerprint density at radius 1 is 1.07 bits per heavy atom. The first kappa shape index (κ1) is 21.6. The molecular weight excluding hydrogens is 507 g/mol. The van der Waals surface area contributed by atoms with Crippen LogP contribution >= 0.6 is 0 Å². The molecule has 0 spiro atoms. The van der Waals surface area contributed by atoms with Crippen molar-refractivity contribution in [3.05, 3.63) is 83.3 Å². The molecule has 0 heterocycles. The second kappa shape index (κ2) is 11.9. The summed E-state index contributed by atoms with van der Waals surface area (Å²) in [5, 5.41) is 3.36. The van der Waals surface area contributed by atoms with E-state index in [-0.39, 0.29) is 5.82 Å². The summed E-state index contributed by atoms with van der Waals surface area (Å²) in [5.74, 6) is -0.176. The second-order valence-corrected chi connectivity index (χ2v) is 7.76. The van der Waals surface area contributed by atoms with Crippen LogP contribution in [0.25, 0.3) is 0 Å². The Hall–Kier alpha value is -1.70. The van der Waals surface area contributed by atoms with Crippen molar-refractivity contribution in [2.75, 3.05) is 6.54 Å². The van der Waals surface area contributed by atoms with Crippen LogP contribution in [0.3, 0.4) is 0 Å². The molecule has 0 aromatic heterocycles. The van der Waals surface area contributed by atoms with E-state index in [0.29, 0.717) is 5.56 Å². The van der Waals surface area contributed by atoms with Gasteiger partial charge in [0, 0.05) is 0 Å². The summed E-state index contributed by atoms with van der Waals surface area (Å²) in [4.78, 5) is 4.95. The van der Waals surface area contributed by atoms with Crippen LogP contribution in [0.15, 0.2) is 71.4 Å². The molecule has 2 aromatic rings. The second-order valence-electron chi connectivity index (χ2n) is 6.29. The number of allylic oxidation sites excluding steroid dienone is 1. The molecule has 0 saturated carbocycles. The Kier molecular flexibility index (Phi) is 9.51. The van der Waals surface area contributed by atoms with Gasteiger partial charge in [0.15, 0.2) is 0 Å². The van der Waals surface area contributed by atoms with Gasteiger partial charge in [0.05, 0.1) is 0 Å². The van der Waals surface area contributed by atoms with Crippen LogP contribution in [0.1, 0.15) is 50.7 Å². The summed E-state index contributed by atoms with van der Waals surface area (Å²) >= 11 is 1.23. The fourth-order valence-electron chi connectivity index (χ4n) is 2.72. The van der Waals surface area contributed by atoms with Crippen LogP contribution in [-0.2, 0) is 19.4 Å². The number of nitrogens with one attached hydrogen (secondary N) is 1. The van der Waals surface area contributed by atoms with E-state index in [4.69, 9.17) is 4.99 Å². The fraction of sp³-hybridized carbons (Fsp3) is 0.304. The van der Waals surface area contributed by atoms with E-state index in [2.05, 4.69) is 42.6 Å². The third-order valence-corrected chi connectivity index (χ3v) is 5.58. The molecule has 0 amide bonds. The molecule has 142 valence electrons. The Balaban J connectivity index is 2.01. The summed E-state index contributed by atoms with van der Waals surface area (Å²) in [6, 6.07) is 17.3. The van der Waals surface area contributed by atoms with Crippen molar-refractivity contribution in [3.63, 3.8) is 0 Å². The molecule has 0 saturated heterocycles. The van der Waals surface area contributed by atoms with E-state index in [1.165, 1.54) is 31.0 Å². The minimum atomic E-state index is -0.176. The molecule has 2 nitrogen and oxygen atoms in total. The van der Waals surface area contributed by atoms with Crippen molar-refractivity contribution in [2.24, 2.45) is 4.99 Å². The molecule has 0 unspecified atom stereocenters. The van der Waals surface area contributed by atoms with Gasteiger partial charge in [-0.15, -0.1) is 0 Å². The average Bonchev–Trinajstić information content (AvgIpc) is 2.70. The van der Waals surface area contributed by atoms with Crippen LogP contribution in [0, 0.1) is 5.82 Å². The topological polar surface area (TPSA) is 24.4 Å². The van der Waals surface area contributed by atoms with E-state index in [9.17, 15) is 4.39 Å². The average molecular weight is 534 g/mol. The molecule has 0 radical (unpaired) electrons. The van der Waals surface area contributed by atoms with Crippen LogP contribution in [-0.4, -0.2) is 16.3 Å². The maximum absolute atomic E-state index is 13.9. The van der Waals surface area contributed by atoms with Gasteiger partial charge in [0.1, 0.15) is 0 Å². The van der Waals surface area contributed by atoms with Gasteiger partial charge in [0.2, 0.25) is 0 Å². The summed E-state index contributed by atoms with van der Waals surface area (Å²) < 4.78 is 14.8. The van der Waals surface area contributed by atoms with E-state index < -0.39 is 0 Å². The predicted molar refractivity (Wildman–Crippen MR) is 109 cm³/mol. The number of hydrogen-bond acceptors (Lipinski definition) is 2. The summed E-state index contributed by atoms with van der Waals surface area (Å²) in [6.45, 7) is 4.97. The Bertz CT molecular complexity index is 797. The first-order valence-corrected chi connectivity index (χ1v) is 10.9. The molecular formula is C23H27FN2W. The fourth-order valence-corrected chi connectivity index (χ4v) is 3.68. The first-order chi connectivity index (χ1) is 13.2. The van der Waals surface area contributed by atoms with Crippen molar-refractivity contribution >= 4 is 9.73 Å². The number of halogens is 1. The van der Waals surface area contributed by atoms with Crippen LogP contribution in [0.2, 0.25) is 0 Å². The quantitative estimate of drug-likeness (QED) is 0.405. The Morgan fingerprint density at radius 2 is 1.78 bits per heavy atom. The summed E-state index contributed by atoms with van der Waals surface area (Å²) in [5.41, 5.74) is 4.06. The van der Waals surface area contributed by atoms with Gasteiger partial charge in [0.25, 0.3) is 0 Å². The standard InChI is InChI=1S/C23H27FN2.W/c1-3-5-15-23(19-11-7-6-8-12-19)26-21(4-2)16-17-25-18-20-13-9-10-14-22(20)24;/h4,6-14,25H,3,5,15-17H2,1-2H3;/b21-4-,26-23?;. The molecule has 27 heavy (non-hydrogen) atoms. The third-order valence-electron chi connectivity index (χ3n) is 4.27. The SMILES string of the molecule is C/C=C(/CCN[C](=[W])c1ccccc1F)N=C(CCCC)c1ccccc1. The van der Waals surface area contributed by atoms with Gasteiger partial charge in [-0.2, -0.15) is 0 Å². The normalized spacial score (nSPS) is 12.3. The zero-order valence-electron chi connectivity index (χ0n) is 16.0. The Morgan fingerprint density at radius 3 is 2.44 bits per heavy atom. The van der Waals surface area contributed by atoms with E-state index >= 15 is 0 Å². The molecule has 1 N–H and O–H groups in total. The van der Waals surface area contributed by atoms with E-state index in [1.54, 1.807) is 6.07 Å². The molecule has 0 aliphatic heterocycles. The van der Waals surface area contributed by atoms with Crippen molar-refractivity contribution in [2.45, 2.75) is 39.5 Å². The number of aliphatic imine (C=N–C) groups is 1. The van der Waals surface area contributed by atoms with Gasteiger partial charge in [-0.1, -0.05) is 0 Å². The number of nitrogens with zero attached hydrogens (tertiary/aromatic N) is 1. The molecule has 2 aromatic carbocycles. The molecule has 0 atom stereocenters. The number of benzene rings is 2. The molecule has 0 aliphatic carbocycles. The predicted octanol–water partition coefficient (Wildman–Crippen LogP) is 5.41. The van der Waals surface area contributed by atoms with Crippen molar-refractivity contribution in [1.82, 2.24) is 5.32 Å². The van der Waals surface area contributed by atoms with Crippen LogP contribution in [0.4, 0.5) is 4.39 Å². The van der Waals surface area contributed by atoms with Gasteiger partial charge >= 0.3 is 173 Å². The van der Waals surface area contributed by atoms with Crippen LogP contribution in [0.5, 0.6) is 0 Å². The van der Waals surface area contributed by atoms with Crippen molar-refractivity contribution in [3.8, 4) is 0 Å². The third kappa shape index (κ3) is 7.08.